The van der Waals surface area contributed by atoms with Gasteiger partial charge in [-0.15, -0.1) is 0 Å². The van der Waals surface area contributed by atoms with E-state index in [-0.39, 0.29) is 5.91 Å². The first-order chi connectivity index (χ1) is 10.3. The molecule has 1 aromatic carbocycles. The van der Waals surface area contributed by atoms with Gasteiger partial charge in [0.1, 0.15) is 0 Å². The Bertz CT molecular complexity index is 439. The number of nitrogens with zero attached hydrogens (tertiary/aromatic N) is 1. The Labute approximate surface area is 127 Å². The molecule has 1 amide bonds. The standard InChI is InChI=1S/C17H27N3O/c18-9-8-15-6-5-7-16(14-15)17(21)19-10-13-20-11-3-1-2-4-12-20/h5-7,14H,1-4,8-13,18H2,(H,19,21). The van der Waals surface area contributed by atoms with Crippen LogP contribution in [-0.4, -0.2) is 43.5 Å². The van der Waals surface area contributed by atoms with Crippen LogP contribution < -0.4 is 11.1 Å². The fourth-order valence-corrected chi connectivity index (χ4v) is 2.82. The number of carbonyl (C=O) groups excluding carboxylic acids is 1. The van der Waals surface area contributed by atoms with Crippen LogP contribution in [0.5, 0.6) is 0 Å². The molecule has 1 aromatic rings. The van der Waals surface area contributed by atoms with Crippen LogP contribution in [0.15, 0.2) is 24.3 Å². The van der Waals surface area contributed by atoms with Gasteiger partial charge in [0.05, 0.1) is 0 Å². The highest BCUT2D eigenvalue weighted by Crippen LogP contribution is 2.09. The third-order valence-corrected chi connectivity index (χ3v) is 4.03. The zero-order valence-electron chi connectivity index (χ0n) is 12.8. The fourth-order valence-electron chi connectivity index (χ4n) is 2.82. The van der Waals surface area contributed by atoms with Crippen molar-refractivity contribution >= 4 is 5.91 Å². The number of amides is 1. The van der Waals surface area contributed by atoms with E-state index in [1.807, 2.05) is 24.3 Å². The molecule has 0 aliphatic carbocycles. The van der Waals surface area contributed by atoms with Crippen molar-refractivity contribution in [3.8, 4) is 0 Å². The van der Waals surface area contributed by atoms with Gasteiger partial charge in [0.15, 0.2) is 0 Å². The maximum atomic E-state index is 12.1. The van der Waals surface area contributed by atoms with Gasteiger partial charge in [0, 0.05) is 18.7 Å². The van der Waals surface area contributed by atoms with Crippen LogP contribution in [0.2, 0.25) is 0 Å². The molecule has 21 heavy (non-hydrogen) atoms. The number of hydrogen-bond acceptors (Lipinski definition) is 3. The molecule has 116 valence electrons. The molecule has 1 fully saturated rings. The van der Waals surface area contributed by atoms with Crippen LogP contribution in [0.4, 0.5) is 0 Å². The Morgan fingerprint density at radius 2 is 1.95 bits per heavy atom. The lowest BCUT2D eigenvalue weighted by Gasteiger charge is -2.19. The molecule has 0 spiro atoms. The highest BCUT2D eigenvalue weighted by Gasteiger charge is 2.10. The zero-order chi connectivity index (χ0) is 14.9. The summed E-state index contributed by atoms with van der Waals surface area (Å²) in [4.78, 5) is 14.6. The Hall–Kier alpha value is -1.39. The first-order valence-electron chi connectivity index (χ1n) is 8.09. The summed E-state index contributed by atoms with van der Waals surface area (Å²) in [6.45, 7) is 4.62. The number of nitrogens with two attached hydrogens (primary N) is 1. The van der Waals surface area contributed by atoms with Crippen molar-refractivity contribution in [2.24, 2.45) is 5.73 Å². The van der Waals surface area contributed by atoms with E-state index in [0.717, 1.165) is 30.6 Å². The van der Waals surface area contributed by atoms with E-state index in [0.29, 0.717) is 6.54 Å². The molecule has 0 radical (unpaired) electrons. The smallest absolute Gasteiger partial charge is 0.251 e. The molecule has 0 atom stereocenters. The second-order valence-corrected chi connectivity index (χ2v) is 5.75. The molecule has 0 unspecified atom stereocenters. The third-order valence-electron chi connectivity index (χ3n) is 4.03. The third kappa shape index (κ3) is 5.48. The molecule has 3 N–H and O–H groups in total. The lowest BCUT2D eigenvalue weighted by Crippen LogP contribution is -2.35. The SMILES string of the molecule is NCCc1cccc(C(=O)NCCN2CCCCCC2)c1. The predicted octanol–water partition coefficient (Wildman–Crippen LogP) is 1.79. The fraction of sp³-hybridized carbons (Fsp3) is 0.588. The van der Waals surface area contributed by atoms with Crippen molar-refractivity contribution in [2.75, 3.05) is 32.7 Å². The van der Waals surface area contributed by atoms with E-state index in [2.05, 4.69) is 10.2 Å². The zero-order valence-corrected chi connectivity index (χ0v) is 12.8. The van der Waals surface area contributed by atoms with Gasteiger partial charge in [0.2, 0.25) is 0 Å². The summed E-state index contributed by atoms with van der Waals surface area (Å²) in [5, 5.41) is 3.02. The minimum absolute atomic E-state index is 0.0173. The van der Waals surface area contributed by atoms with Crippen molar-refractivity contribution in [1.29, 1.82) is 0 Å². The van der Waals surface area contributed by atoms with Crippen LogP contribution in [0.25, 0.3) is 0 Å². The van der Waals surface area contributed by atoms with Crippen molar-refractivity contribution in [2.45, 2.75) is 32.1 Å². The summed E-state index contributed by atoms with van der Waals surface area (Å²) in [6.07, 6.45) is 6.08. The topological polar surface area (TPSA) is 58.4 Å². The minimum Gasteiger partial charge on any atom is -0.351 e. The van der Waals surface area contributed by atoms with Crippen LogP contribution in [0.1, 0.15) is 41.6 Å². The first kappa shape index (κ1) is 16.0. The first-order valence-corrected chi connectivity index (χ1v) is 8.09. The van der Waals surface area contributed by atoms with Crippen LogP contribution in [-0.2, 0) is 6.42 Å². The number of carbonyl (C=O) groups is 1. The molecule has 2 rings (SSSR count). The Balaban J connectivity index is 1.77. The summed E-state index contributed by atoms with van der Waals surface area (Å²) >= 11 is 0. The van der Waals surface area contributed by atoms with Crippen molar-refractivity contribution in [3.05, 3.63) is 35.4 Å². The lowest BCUT2D eigenvalue weighted by molar-refractivity contribution is 0.0948. The van der Waals surface area contributed by atoms with Gasteiger partial charge in [-0.25, -0.2) is 0 Å². The van der Waals surface area contributed by atoms with Gasteiger partial charge in [-0.2, -0.15) is 0 Å². The monoisotopic (exact) mass is 289 g/mol. The summed E-state index contributed by atoms with van der Waals surface area (Å²) in [5.74, 6) is 0.0173. The molecular weight excluding hydrogens is 262 g/mol. The molecule has 4 nitrogen and oxygen atoms in total. The molecule has 4 heteroatoms. The maximum absolute atomic E-state index is 12.1. The van der Waals surface area contributed by atoms with Gasteiger partial charge in [-0.05, 0) is 56.6 Å². The Morgan fingerprint density at radius 1 is 1.19 bits per heavy atom. The summed E-state index contributed by atoms with van der Waals surface area (Å²) in [7, 11) is 0. The van der Waals surface area contributed by atoms with Gasteiger partial charge in [-0.3, -0.25) is 4.79 Å². The minimum atomic E-state index is 0.0173. The van der Waals surface area contributed by atoms with Crippen LogP contribution in [0.3, 0.4) is 0 Å². The van der Waals surface area contributed by atoms with Crippen molar-refractivity contribution < 1.29 is 4.79 Å². The molecule has 1 heterocycles. The lowest BCUT2D eigenvalue weighted by atomic mass is 10.1. The van der Waals surface area contributed by atoms with E-state index in [1.165, 1.54) is 38.8 Å². The van der Waals surface area contributed by atoms with E-state index < -0.39 is 0 Å². The number of rotatable bonds is 6. The summed E-state index contributed by atoms with van der Waals surface area (Å²) in [5.41, 5.74) is 7.41. The second kappa shape index (κ2) is 8.80. The highest BCUT2D eigenvalue weighted by molar-refractivity contribution is 5.94. The number of nitrogens with one attached hydrogen (secondary N) is 1. The molecule has 1 aliphatic heterocycles. The van der Waals surface area contributed by atoms with Crippen LogP contribution >= 0.6 is 0 Å². The van der Waals surface area contributed by atoms with E-state index in [1.54, 1.807) is 0 Å². The van der Waals surface area contributed by atoms with Gasteiger partial charge in [0.25, 0.3) is 5.91 Å². The normalized spacial score (nSPS) is 16.4. The highest BCUT2D eigenvalue weighted by atomic mass is 16.1. The predicted molar refractivity (Wildman–Crippen MR) is 86.4 cm³/mol. The molecule has 0 saturated carbocycles. The number of likely N-dealkylation sites (tertiary alicyclic amines) is 1. The molecule has 0 aromatic heterocycles. The second-order valence-electron chi connectivity index (χ2n) is 5.75. The number of hydrogen-bond donors (Lipinski definition) is 2. The summed E-state index contributed by atoms with van der Waals surface area (Å²) in [6, 6.07) is 7.74. The molecule has 1 saturated heterocycles. The largest absolute Gasteiger partial charge is 0.351 e. The van der Waals surface area contributed by atoms with E-state index in [4.69, 9.17) is 5.73 Å². The van der Waals surface area contributed by atoms with E-state index >= 15 is 0 Å². The maximum Gasteiger partial charge on any atom is 0.251 e. The van der Waals surface area contributed by atoms with Crippen molar-refractivity contribution in [3.63, 3.8) is 0 Å². The molecule has 0 bridgehead atoms. The molecule has 1 aliphatic rings. The Kier molecular flexibility index (Phi) is 6.70. The van der Waals surface area contributed by atoms with Gasteiger partial charge in [-0.1, -0.05) is 25.0 Å². The van der Waals surface area contributed by atoms with E-state index in [9.17, 15) is 4.79 Å². The Morgan fingerprint density at radius 3 is 2.67 bits per heavy atom. The molecular formula is C17H27N3O. The van der Waals surface area contributed by atoms with Gasteiger partial charge >= 0.3 is 0 Å². The van der Waals surface area contributed by atoms with Gasteiger partial charge < -0.3 is 16.0 Å². The van der Waals surface area contributed by atoms with Crippen LogP contribution in [0, 0.1) is 0 Å². The number of benzene rings is 1. The average molecular weight is 289 g/mol. The summed E-state index contributed by atoms with van der Waals surface area (Å²) < 4.78 is 0. The van der Waals surface area contributed by atoms with Crippen molar-refractivity contribution in [1.82, 2.24) is 10.2 Å². The quantitative estimate of drug-likeness (QED) is 0.839. The average Bonchev–Trinajstić information content (AvgIpc) is 2.76.